The lowest BCUT2D eigenvalue weighted by atomic mass is 10.0. The van der Waals surface area contributed by atoms with E-state index in [2.05, 4.69) is 5.32 Å². The number of aryl methyl sites for hydroxylation is 2. The molecule has 0 spiro atoms. The first-order chi connectivity index (χ1) is 21.9. The van der Waals surface area contributed by atoms with Crippen LogP contribution < -0.4 is 9.62 Å². The Kier molecular flexibility index (Phi) is 11.9. The molecule has 2 amide bonds. The summed E-state index contributed by atoms with van der Waals surface area (Å²) in [6.45, 7) is 7.19. The van der Waals surface area contributed by atoms with Gasteiger partial charge in [-0.15, -0.1) is 0 Å². The van der Waals surface area contributed by atoms with Crippen LogP contribution >= 0.6 is 23.2 Å². The second-order valence-electron chi connectivity index (χ2n) is 11.4. The summed E-state index contributed by atoms with van der Waals surface area (Å²) < 4.78 is 29.4. The van der Waals surface area contributed by atoms with E-state index in [0.717, 1.165) is 26.6 Å². The van der Waals surface area contributed by atoms with Crippen molar-refractivity contribution < 1.29 is 18.0 Å². The highest BCUT2D eigenvalue weighted by Gasteiger charge is 2.35. The van der Waals surface area contributed by atoms with Crippen LogP contribution in [-0.2, 0) is 32.6 Å². The molecular weight excluding hydrogens is 641 g/mol. The molecule has 46 heavy (non-hydrogen) atoms. The van der Waals surface area contributed by atoms with Crippen molar-refractivity contribution in [3.8, 4) is 0 Å². The van der Waals surface area contributed by atoms with Crippen LogP contribution in [0.1, 0.15) is 42.5 Å². The molecule has 0 aliphatic heterocycles. The van der Waals surface area contributed by atoms with Gasteiger partial charge in [0.05, 0.1) is 20.6 Å². The van der Waals surface area contributed by atoms with E-state index in [1.165, 1.54) is 35.2 Å². The highest BCUT2D eigenvalue weighted by molar-refractivity contribution is 7.92. The predicted octanol–water partition coefficient (Wildman–Crippen LogP) is 7.36. The van der Waals surface area contributed by atoms with Gasteiger partial charge in [0.25, 0.3) is 10.0 Å². The van der Waals surface area contributed by atoms with Crippen LogP contribution in [0.5, 0.6) is 0 Å². The molecule has 1 N–H and O–H groups in total. The number of hydrogen-bond donors (Lipinski definition) is 1. The molecule has 0 fully saturated rings. The van der Waals surface area contributed by atoms with Crippen LogP contribution in [-0.4, -0.2) is 43.8 Å². The number of carbonyl (C=O) groups is 2. The van der Waals surface area contributed by atoms with Gasteiger partial charge in [0, 0.05) is 19.0 Å². The number of sulfonamides is 1. The van der Waals surface area contributed by atoms with E-state index in [9.17, 15) is 18.0 Å². The molecule has 0 bridgehead atoms. The van der Waals surface area contributed by atoms with Crippen LogP contribution in [0.2, 0.25) is 10.0 Å². The summed E-state index contributed by atoms with van der Waals surface area (Å²) in [5.74, 6) is -0.868. The standard InChI is InChI=1S/C36H39Cl2N3O4S/c1-5-27(4)39-36(43)34(21-28-12-7-6-8-13-28)40(23-29-14-10-9-11-26(29)3)35(42)24-41(30-17-20-32(37)33(38)22-30)46(44,45)31-18-15-25(2)16-19-31/h6-20,22,27,34H,5,21,23-24H2,1-4H3,(H,39,43)/t27-,34-/m1/s1. The van der Waals surface area contributed by atoms with Crippen LogP contribution in [0.4, 0.5) is 5.69 Å². The van der Waals surface area contributed by atoms with Gasteiger partial charge in [0.2, 0.25) is 11.8 Å². The van der Waals surface area contributed by atoms with Gasteiger partial charge in [0.1, 0.15) is 12.6 Å². The SMILES string of the molecule is CC[C@@H](C)NC(=O)[C@@H](Cc1ccccc1)N(Cc1ccccc1C)C(=O)CN(c1ccc(Cl)c(Cl)c1)S(=O)(=O)c1ccc(C)cc1. The number of carbonyl (C=O) groups excluding carboxylic acids is 2. The van der Waals surface area contributed by atoms with Crippen molar-refractivity contribution in [2.45, 2.75) is 64.1 Å². The lowest BCUT2D eigenvalue weighted by Crippen LogP contribution is -2.54. The van der Waals surface area contributed by atoms with Crippen LogP contribution in [0, 0.1) is 13.8 Å². The van der Waals surface area contributed by atoms with Crippen molar-refractivity contribution in [2.75, 3.05) is 10.8 Å². The highest BCUT2D eigenvalue weighted by atomic mass is 35.5. The van der Waals surface area contributed by atoms with Crippen LogP contribution in [0.15, 0.2) is 102 Å². The number of halogens is 2. The minimum absolute atomic E-state index is 0.0118. The summed E-state index contributed by atoms with van der Waals surface area (Å²) in [5, 5.41) is 3.44. The van der Waals surface area contributed by atoms with Crippen molar-refractivity contribution in [2.24, 2.45) is 0 Å². The topological polar surface area (TPSA) is 86.8 Å². The molecule has 0 aromatic heterocycles. The number of rotatable bonds is 13. The molecule has 4 rings (SSSR count). The van der Waals surface area contributed by atoms with E-state index < -0.39 is 28.5 Å². The molecule has 0 aliphatic carbocycles. The molecule has 0 saturated carbocycles. The fraction of sp³-hybridized carbons (Fsp3) is 0.278. The zero-order valence-electron chi connectivity index (χ0n) is 26.4. The van der Waals surface area contributed by atoms with Crippen molar-refractivity contribution in [3.63, 3.8) is 0 Å². The van der Waals surface area contributed by atoms with E-state index >= 15 is 0 Å². The lowest BCUT2D eigenvalue weighted by molar-refractivity contribution is -0.140. The smallest absolute Gasteiger partial charge is 0.264 e. The van der Waals surface area contributed by atoms with Gasteiger partial charge in [-0.05, 0) is 74.2 Å². The molecule has 242 valence electrons. The zero-order chi connectivity index (χ0) is 33.4. The first kappa shape index (κ1) is 35.0. The van der Waals surface area contributed by atoms with Gasteiger partial charge in [-0.2, -0.15) is 0 Å². The Morgan fingerprint density at radius 2 is 1.50 bits per heavy atom. The Morgan fingerprint density at radius 3 is 2.13 bits per heavy atom. The summed E-state index contributed by atoms with van der Waals surface area (Å²) >= 11 is 12.5. The van der Waals surface area contributed by atoms with Crippen molar-refractivity contribution in [3.05, 3.63) is 129 Å². The maximum atomic E-state index is 14.6. The average molecular weight is 681 g/mol. The molecule has 0 aliphatic rings. The number of benzene rings is 4. The van der Waals surface area contributed by atoms with E-state index in [0.29, 0.717) is 6.42 Å². The minimum Gasteiger partial charge on any atom is -0.352 e. The van der Waals surface area contributed by atoms with Crippen molar-refractivity contribution in [1.82, 2.24) is 10.2 Å². The van der Waals surface area contributed by atoms with E-state index in [1.54, 1.807) is 12.1 Å². The summed E-state index contributed by atoms with van der Waals surface area (Å²) in [5.41, 5.74) is 3.70. The number of nitrogens with one attached hydrogen (secondary N) is 1. The van der Waals surface area contributed by atoms with Crippen molar-refractivity contribution >= 4 is 50.7 Å². The molecule has 10 heteroatoms. The third-order valence-electron chi connectivity index (χ3n) is 7.95. The van der Waals surface area contributed by atoms with Gasteiger partial charge in [0.15, 0.2) is 0 Å². The summed E-state index contributed by atoms with van der Waals surface area (Å²) in [6, 6.07) is 26.8. The van der Waals surface area contributed by atoms with E-state index in [-0.39, 0.29) is 45.5 Å². The maximum absolute atomic E-state index is 14.6. The predicted molar refractivity (Wildman–Crippen MR) is 186 cm³/mol. The molecule has 7 nitrogen and oxygen atoms in total. The maximum Gasteiger partial charge on any atom is 0.264 e. The molecule has 0 heterocycles. The summed E-state index contributed by atoms with van der Waals surface area (Å²) in [7, 11) is -4.25. The van der Waals surface area contributed by atoms with Crippen molar-refractivity contribution in [1.29, 1.82) is 0 Å². The molecule has 4 aromatic rings. The fourth-order valence-electron chi connectivity index (χ4n) is 4.97. The number of amides is 2. The molecule has 2 atom stereocenters. The number of hydrogen-bond acceptors (Lipinski definition) is 4. The third-order valence-corrected chi connectivity index (χ3v) is 10.5. The first-order valence-corrected chi connectivity index (χ1v) is 17.3. The summed E-state index contributed by atoms with van der Waals surface area (Å²) in [6.07, 6.45) is 0.938. The minimum atomic E-state index is -4.25. The van der Waals surface area contributed by atoms with Gasteiger partial charge in [-0.3, -0.25) is 13.9 Å². The Balaban J connectivity index is 1.83. The Bertz CT molecular complexity index is 1770. The second kappa shape index (κ2) is 15.6. The Morgan fingerprint density at radius 1 is 0.848 bits per heavy atom. The lowest BCUT2D eigenvalue weighted by Gasteiger charge is -2.34. The number of nitrogens with zero attached hydrogens (tertiary/aromatic N) is 2. The number of anilines is 1. The van der Waals surface area contributed by atoms with Gasteiger partial charge < -0.3 is 10.2 Å². The molecule has 4 aromatic carbocycles. The summed E-state index contributed by atoms with van der Waals surface area (Å²) in [4.78, 5) is 30.1. The normalized spacial score (nSPS) is 12.7. The van der Waals surface area contributed by atoms with Crippen LogP contribution in [0.3, 0.4) is 0 Å². The Labute approximate surface area is 282 Å². The molecule has 0 unspecified atom stereocenters. The first-order valence-electron chi connectivity index (χ1n) is 15.1. The third kappa shape index (κ3) is 8.69. The zero-order valence-corrected chi connectivity index (χ0v) is 28.7. The molecular formula is C36H39Cl2N3O4S. The van der Waals surface area contributed by atoms with E-state index in [4.69, 9.17) is 23.2 Å². The van der Waals surface area contributed by atoms with E-state index in [1.807, 2.05) is 82.3 Å². The van der Waals surface area contributed by atoms with Gasteiger partial charge in [-0.1, -0.05) is 102 Å². The Hall–Kier alpha value is -3.85. The fourth-order valence-corrected chi connectivity index (χ4v) is 6.67. The van der Waals surface area contributed by atoms with Gasteiger partial charge in [-0.25, -0.2) is 8.42 Å². The van der Waals surface area contributed by atoms with Crippen LogP contribution in [0.25, 0.3) is 0 Å². The highest BCUT2D eigenvalue weighted by Crippen LogP contribution is 2.31. The molecule has 0 radical (unpaired) electrons. The quantitative estimate of drug-likeness (QED) is 0.160. The second-order valence-corrected chi connectivity index (χ2v) is 14.1. The monoisotopic (exact) mass is 679 g/mol. The largest absolute Gasteiger partial charge is 0.352 e. The van der Waals surface area contributed by atoms with Gasteiger partial charge >= 0.3 is 0 Å². The molecule has 0 saturated heterocycles. The average Bonchev–Trinajstić information content (AvgIpc) is 3.04.